The van der Waals surface area contributed by atoms with Crippen molar-refractivity contribution < 1.29 is 9.90 Å². The fourth-order valence-corrected chi connectivity index (χ4v) is 1.41. The Morgan fingerprint density at radius 3 is 2.69 bits per heavy atom. The maximum Gasteiger partial charge on any atom is 0.233 e. The minimum absolute atomic E-state index is 0.0530. The first-order valence-electron chi connectivity index (χ1n) is 5.38. The highest BCUT2D eigenvalue weighted by Gasteiger charge is 2.06. The number of aliphatic hydroxyl groups is 1. The molecule has 1 atom stereocenters. The molecular formula is C12H18N2O2. The quantitative estimate of drug-likeness (QED) is 0.654. The summed E-state index contributed by atoms with van der Waals surface area (Å²) in [5.74, 6) is -0.0530. The zero-order valence-electron chi connectivity index (χ0n) is 9.44. The second kappa shape index (κ2) is 6.98. The highest BCUT2D eigenvalue weighted by atomic mass is 16.3. The number of carbonyl (C=O) groups is 1. The Morgan fingerprint density at radius 2 is 2.06 bits per heavy atom. The number of carbonyl (C=O) groups excluding carboxylic acids is 1. The molecule has 0 radical (unpaired) electrons. The average molecular weight is 222 g/mol. The zero-order chi connectivity index (χ0) is 11.8. The summed E-state index contributed by atoms with van der Waals surface area (Å²) in [7, 11) is 1.72. The van der Waals surface area contributed by atoms with Gasteiger partial charge in [0.05, 0.1) is 12.6 Å². The van der Waals surface area contributed by atoms with E-state index in [0.717, 1.165) is 5.56 Å². The van der Waals surface area contributed by atoms with Crippen molar-refractivity contribution in [2.75, 3.05) is 20.1 Å². The molecule has 0 saturated carbocycles. The number of nitrogens with one attached hydrogen (secondary N) is 2. The van der Waals surface area contributed by atoms with Crippen LogP contribution >= 0.6 is 0 Å². The molecule has 1 amide bonds. The van der Waals surface area contributed by atoms with E-state index in [1.54, 1.807) is 7.05 Å². The molecule has 4 heteroatoms. The Bertz CT molecular complexity index is 314. The SMILES string of the molecule is CNCC(=O)NCCC(O)c1ccccc1. The van der Waals surface area contributed by atoms with E-state index in [2.05, 4.69) is 10.6 Å². The maximum atomic E-state index is 11.1. The first kappa shape index (κ1) is 12.7. The van der Waals surface area contributed by atoms with E-state index >= 15 is 0 Å². The summed E-state index contributed by atoms with van der Waals surface area (Å²) in [5.41, 5.74) is 0.880. The average Bonchev–Trinajstić information content (AvgIpc) is 2.30. The largest absolute Gasteiger partial charge is 0.388 e. The van der Waals surface area contributed by atoms with Crippen LogP contribution in [-0.4, -0.2) is 31.2 Å². The van der Waals surface area contributed by atoms with E-state index in [1.165, 1.54) is 0 Å². The van der Waals surface area contributed by atoms with Gasteiger partial charge in [0.2, 0.25) is 5.91 Å². The fourth-order valence-electron chi connectivity index (χ4n) is 1.41. The summed E-state index contributed by atoms with van der Waals surface area (Å²) >= 11 is 0. The molecule has 0 spiro atoms. The van der Waals surface area contributed by atoms with E-state index in [-0.39, 0.29) is 5.91 Å². The molecule has 0 fully saturated rings. The highest BCUT2D eigenvalue weighted by Crippen LogP contribution is 2.14. The molecule has 0 aliphatic rings. The van der Waals surface area contributed by atoms with Gasteiger partial charge >= 0.3 is 0 Å². The second-order valence-corrected chi connectivity index (χ2v) is 3.60. The van der Waals surface area contributed by atoms with Gasteiger partial charge in [-0.15, -0.1) is 0 Å². The summed E-state index contributed by atoms with van der Waals surface area (Å²) in [6, 6.07) is 9.43. The normalized spacial score (nSPS) is 12.1. The highest BCUT2D eigenvalue weighted by molar-refractivity contribution is 5.77. The van der Waals surface area contributed by atoms with Crippen LogP contribution in [0.5, 0.6) is 0 Å². The first-order chi connectivity index (χ1) is 7.74. The van der Waals surface area contributed by atoms with Crippen molar-refractivity contribution >= 4 is 5.91 Å². The van der Waals surface area contributed by atoms with Gasteiger partial charge in [-0.05, 0) is 19.0 Å². The van der Waals surface area contributed by atoms with Crippen LogP contribution in [-0.2, 0) is 4.79 Å². The Morgan fingerprint density at radius 1 is 1.38 bits per heavy atom. The molecule has 1 unspecified atom stereocenters. The number of hydrogen-bond donors (Lipinski definition) is 3. The van der Waals surface area contributed by atoms with Gasteiger partial charge in [-0.2, -0.15) is 0 Å². The van der Waals surface area contributed by atoms with E-state index in [4.69, 9.17) is 0 Å². The monoisotopic (exact) mass is 222 g/mol. The lowest BCUT2D eigenvalue weighted by Crippen LogP contribution is -2.33. The van der Waals surface area contributed by atoms with Crippen molar-refractivity contribution in [3.63, 3.8) is 0 Å². The molecule has 0 heterocycles. The number of rotatable bonds is 6. The predicted octanol–water partition coefficient (Wildman–Crippen LogP) is 0.446. The van der Waals surface area contributed by atoms with Crippen LogP contribution in [0.4, 0.5) is 0 Å². The van der Waals surface area contributed by atoms with Crippen LogP contribution in [0.15, 0.2) is 30.3 Å². The molecule has 0 aromatic heterocycles. The maximum absolute atomic E-state index is 11.1. The summed E-state index contributed by atoms with van der Waals surface area (Å²) in [6.45, 7) is 0.790. The van der Waals surface area contributed by atoms with Crippen LogP contribution in [0.25, 0.3) is 0 Å². The molecular weight excluding hydrogens is 204 g/mol. The lowest BCUT2D eigenvalue weighted by atomic mass is 10.1. The molecule has 1 aromatic rings. The van der Waals surface area contributed by atoms with Gasteiger partial charge < -0.3 is 15.7 Å². The lowest BCUT2D eigenvalue weighted by Gasteiger charge is -2.11. The number of benzene rings is 1. The fraction of sp³-hybridized carbons (Fsp3) is 0.417. The molecule has 1 rings (SSSR count). The van der Waals surface area contributed by atoms with Crippen molar-refractivity contribution in [3.8, 4) is 0 Å². The first-order valence-corrected chi connectivity index (χ1v) is 5.38. The van der Waals surface area contributed by atoms with E-state index in [0.29, 0.717) is 19.5 Å². The van der Waals surface area contributed by atoms with Crippen LogP contribution in [0.3, 0.4) is 0 Å². The zero-order valence-corrected chi connectivity index (χ0v) is 9.44. The van der Waals surface area contributed by atoms with Gasteiger partial charge in [0.15, 0.2) is 0 Å². The third-order valence-corrected chi connectivity index (χ3v) is 2.26. The van der Waals surface area contributed by atoms with Crippen molar-refractivity contribution in [2.24, 2.45) is 0 Å². The van der Waals surface area contributed by atoms with Gasteiger partial charge in [-0.3, -0.25) is 4.79 Å². The summed E-state index contributed by atoms with van der Waals surface area (Å²) in [5, 5.41) is 15.3. The minimum atomic E-state index is -0.518. The molecule has 0 bridgehead atoms. The van der Waals surface area contributed by atoms with Crippen molar-refractivity contribution in [1.29, 1.82) is 0 Å². The Hall–Kier alpha value is -1.39. The van der Waals surface area contributed by atoms with E-state index in [1.807, 2.05) is 30.3 Å². The van der Waals surface area contributed by atoms with Gasteiger partial charge in [-0.1, -0.05) is 30.3 Å². The topological polar surface area (TPSA) is 61.4 Å². The van der Waals surface area contributed by atoms with Crippen molar-refractivity contribution in [1.82, 2.24) is 10.6 Å². The molecule has 0 aliphatic heterocycles. The van der Waals surface area contributed by atoms with Gasteiger partial charge in [-0.25, -0.2) is 0 Å². The molecule has 3 N–H and O–H groups in total. The standard InChI is InChI=1S/C12H18N2O2/c1-13-9-12(16)14-8-7-11(15)10-5-3-2-4-6-10/h2-6,11,13,15H,7-9H2,1H3,(H,14,16). The lowest BCUT2D eigenvalue weighted by molar-refractivity contribution is -0.120. The minimum Gasteiger partial charge on any atom is -0.388 e. The Kier molecular flexibility index (Phi) is 5.53. The summed E-state index contributed by atoms with van der Waals surface area (Å²) in [4.78, 5) is 11.1. The molecule has 0 saturated heterocycles. The van der Waals surface area contributed by atoms with Crippen LogP contribution in [0.2, 0.25) is 0 Å². The Labute approximate surface area is 95.7 Å². The third-order valence-electron chi connectivity index (χ3n) is 2.26. The number of likely N-dealkylation sites (N-methyl/N-ethyl adjacent to an activating group) is 1. The van der Waals surface area contributed by atoms with Crippen LogP contribution < -0.4 is 10.6 Å². The molecule has 88 valence electrons. The molecule has 4 nitrogen and oxygen atoms in total. The summed E-state index contributed by atoms with van der Waals surface area (Å²) < 4.78 is 0. The third kappa shape index (κ3) is 4.42. The van der Waals surface area contributed by atoms with Gasteiger partial charge in [0.25, 0.3) is 0 Å². The van der Waals surface area contributed by atoms with Crippen molar-refractivity contribution in [2.45, 2.75) is 12.5 Å². The van der Waals surface area contributed by atoms with Gasteiger partial charge in [0.1, 0.15) is 0 Å². The van der Waals surface area contributed by atoms with Crippen molar-refractivity contribution in [3.05, 3.63) is 35.9 Å². The number of amides is 1. The van der Waals surface area contributed by atoms with E-state index < -0.39 is 6.10 Å². The Balaban J connectivity index is 2.26. The summed E-state index contributed by atoms with van der Waals surface area (Å²) in [6.07, 6.45) is 0.00974. The van der Waals surface area contributed by atoms with E-state index in [9.17, 15) is 9.90 Å². The smallest absolute Gasteiger partial charge is 0.233 e. The molecule has 16 heavy (non-hydrogen) atoms. The van der Waals surface area contributed by atoms with Crippen LogP contribution in [0.1, 0.15) is 18.1 Å². The molecule has 1 aromatic carbocycles. The number of hydrogen-bond acceptors (Lipinski definition) is 3. The second-order valence-electron chi connectivity index (χ2n) is 3.60. The number of aliphatic hydroxyl groups excluding tert-OH is 1. The van der Waals surface area contributed by atoms with Crippen LogP contribution in [0, 0.1) is 0 Å². The molecule has 0 aliphatic carbocycles. The predicted molar refractivity (Wildman–Crippen MR) is 63.0 cm³/mol. The van der Waals surface area contributed by atoms with Gasteiger partial charge in [0, 0.05) is 6.54 Å².